The molecule has 4 atom stereocenters. The van der Waals surface area contributed by atoms with Crippen LogP contribution in [0.25, 0.3) is 0 Å². The highest BCUT2D eigenvalue weighted by atomic mass is 16.7. The Hall–Kier alpha value is -2.02. The Bertz CT molecular complexity index is 785. The first-order valence-corrected chi connectivity index (χ1v) is 9.68. The number of aliphatic hydroxyl groups is 2. The van der Waals surface area contributed by atoms with Crippen LogP contribution in [0.15, 0.2) is 72.3 Å². The largest absolute Gasteiger partial charge is 0.385 e. The highest BCUT2D eigenvalue weighted by molar-refractivity contribution is 5.26. The smallest absolute Gasteiger partial charge is 0.184 e. The molecule has 2 aliphatic rings. The van der Waals surface area contributed by atoms with E-state index in [-0.39, 0.29) is 6.61 Å². The summed E-state index contributed by atoms with van der Waals surface area (Å²) >= 11 is 0. The molecule has 1 saturated heterocycles. The van der Waals surface area contributed by atoms with Crippen LogP contribution in [-0.4, -0.2) is 40.9 Å². The predicted octanol–water partition coefficient (Wildman–Crippen LogP) is 2.96. The molecular formula is C23H26O5. The maximum Gasteiger partial charge on any atom is 0.184 e. The minimum Gasteiger partial charge on any atom is -0.385 e. The topological polar surface area (TPSA) is 68.2 Å². The number of hydrogen-bond donors (Lipinski definition) is 2. The molecule has 0 aromatic heterocycles. The Morgan fingerprint density at radius 3 is 2.14 bits per heavy atom. The standard InChI is InChI=1S/C23H26O5/c24-20-21(27-15-19-9-5-2-6-10-19)23(28-22(20)25,13-17-11-12-17)16-26-14-18-7-3-1-4-8-18/h1-10,13,20-22,24-25H,11-12,14-16H2/t20-,21+,22+,23-/m1/s1. The highest BCUT2D eigenvalue weighted by Crippen LogP contribution is 2.40. The maximum absolute atomic E-state index is 10.5. The summed E-state index contributed by atoms with van der Waals surface area (Å²) in [6.07, 6.45) is 0.818. The SMILES string of the molecule is O[C@H]1[C@@H](O)O[C@](C=C2CC2)(COCc2ccccc2)[C@H]1OCc1ccccc1. The van der Waals surface area contributed by atoms with E-state index < -0.39 is 24.1 Å². The molecule has 1 saturated carbocycles. The van der Waals surface area contributed by atoms with Gasteiger partial charge in [-0.1, -0.05) is 66.2 Å². The average Bonchev–Trinajstić information content (AvgIpc) is 3.49. The third-order valence-electron chi connectivity index (χ3n) is 5.12. The first-order chi connectivity index (χ1) is 13.7. The molecule has 0 spiro atoms. The summed E-state index contributed by atoms with van der Waals surface area (Å²) in [6.45, 7) is 0.938. The van der Waals surface area contributed by atoms with Crippen LogP contribution in [-0.2, 0) is 27.4 Å². The number of rotatable bonds is 8. The van der Waals surface area contributed by atoms with Crippen molar-refractivity contribution in [2.24, 2.45) is 0 Å². The van der Waals surface area contributed by atoms with E-state index in [2.05, 4.69) is 0 Å². The van der Waals surface area contributed by atoms with Crippen LogP contribution in [0, 0.1) is 0 Å². The Kier molecular flexibility index (Phi) is 5.90. The normalized spacial score (nSPS) is 29.1. The molecule has 4 rings (SSSR count). The summed E-state index contributed by atoms with van der Waals surface area (Å²) in [6, 6.07) is 19.6. The first kappa shape index (κ1) is 19.3. The molecule has 0 bridgehead atoms. The molecule has 28 heavy (non-hydrogen) atoms. The third-order valence-corrected chi connectivity index (χ3v) is 5.12. The molecule has 2 aromatic carbocycles. The van der Waals surface area contributed by atoms with Crippen LogP contribution in [0.5, 0.6) is 0 Å². The minimum atomic E-state index is -1.31. The molecular weight excluding hydrogens is 356 g/mol. The quantitative estimate of drug-likeness (QED) is 0.687. The van der Waals surface area contributed by atoms with Crippen molar-refractivity contribution in [2.45, 2.75) is 50.2 Å². The molecule has 5 nitrogen and oxygen atoms in total. The van der Waals surface area contributed by atoms with Crippen molar-refractivity contribution in [1.82, 2.24) is 0 Å². The summed E-state index contributed by atoms with van der Waals surface area (Å²) in [5.41, 5.74) is 2.28. The molecule has 2 aromatic rings. The van der Waals surface area contributed by atoms with Crippen molar-refractivity contribution in [2.75, 3.05) is 6.61 Å². The van der Waals surface area contributed by atoms with Gasteiger partial charge in [0, 0.05) is 0 Å². The van der Waals surface area contributed by atoms with Crippen molar-refractivity contribution in [3.05, 3.63) is 83.4 Å². The molecule has 0 amide bonds. The van der Waals surface area contributed by atoms with E-state index in [4.69, 9.17) is 14.2 Å². The predicted molar refractivity (Wildman–Crippen MR) is 104 cm³/mol. The molecule has 0 unspecified atom stereocenters. The Balaban J connectivity index is 1.49. The lowest BCUT2D eigenvalue weighted by Crippen LogP contribution is -2.47. The van der Waals surface area contributed by atoms with Gasteiger partial charge in [0.1, 0.15) is 17.8 Å². The number of hydrogen-bond acceptors (Lipinski definition) is 5. The van der Waals surface area contributed by atoms with Crippen molar-refractivity contribution in [3.8, 4) is 0 Å². The molecule has 1 heterocycles. The molecule has 148 valence electrons. The van der Waals surface area contributed by atoms with Crippen LogP contribution >= 0.6 is 0 Å². The highest BCUT2D eigenvalue weighted by Gasteiger charge is 2.55. The molecule has 2 N–H and O–H groups in total. The lowest BCUT2D eigenvalue weighted by Gasteiger charge is -2.31. The fraction of sp³-hybridized carbons (Fsp3) is 0.391. The zero-order valence-corrected chi connectivity index (χ0v) is 15.7. The minimum absolute atomic E-state index is 0.193. The summed E-state index contributed by atoms with van der Waals surface area (Å²) in [5.74, 6) is 0. The van der Waals surface area contributed by atoms with Gasteiger partial charge in [0.2, 0.25) is 0 Å². The molecule has 0 radical (unpaired) electrons. The zero-order valence-electron chi connectivity index (χ0n) is 15.7. The second-order valence-electron chi connectivity index (χ2n) is 7.45. The third kappa shape index (κ3) is 4.51. The summed E-state index contributed by atoms with van der Waals surface area (Å²) in [4.78, 5) is 0. The summed E-state index contributed by atoms with van der Waals surface area (Å²) < 4.78 is 17.8. The van der Waals surface area contributed by atoms with E-state index in [0.29, 0.717) is 13.2 Å². The summed E-state index contributed by atoms with van der Waals surface area (Å²) in [5, 5.41) is 20.7. The Labute approximate surface area is 165 Å². The van der Waals surface area contributed by atoms with Crippen molar-refractivity contribution >= 4 is 0 Å². The van der Waals surface area contributed by atoms with Gasteiger partial charge in [-0.2, -0.15) is 0 Å². The van der Waals surface area contributed by atoms with Crippen molar-refractivity contribution in [3.63, 3.8) is 0 Å². The van der Waals surface area contributed by atoms with Crippen LogP contribution in [0.2, 0.25) is 0 Å². The van der Waals surface area contributed by atoms with Gasteiger partial charge in [-0.05, 0) is 30.0 Å². The number of aliphatic hydroxyl groups excluding tert-OH is 2. The van der Waals surface area contributed by atoms with Gasteiger partial charge >= 0.3 is 0 Å². The lowest BCUT2D eigenvalue weighted by atomic mass is 9.94. The van der Waals surface area contributed by atoms with E-state index in [1.807, 2.05) is 66.7 Å². The first-order valence-electron chi connectivity index (χ1n) is 9.68. The average molecular weight is 382 g/mol. The molecule has 1 aliphatic heterocycles. The Morgan fingerprint density at radius 1 is 0.929 bits per heavy atom. The van der Waals surface area contributed by atoms with Crippen LogP contribution in [0.4, 0.5) is 0 Å². The van der Waals surface area contributed by atoms with Crippen molar-refractivity contribution < 1.29 is 24.4 Å². The Morgan fingerprint density at radius 2 is 1.54 bits per heavy atom. The second kappa shape index (κ2) is 8.55. The van der Waals surface area contributed by atoms with Gasteiger partial charge in [0.15, 0.2) is 6.29 Å². The zero-order chi connectivity index (χ0) is 19.4. The van der Waals surface area contributed by atoms with Crippen molar-refractivity contribution in [1.29, 1.82) is 0 Å². The molecule has 2 fully saturated rings. The number of benzene rings is 2. The molecule has 1 aliphatic carbocycles. The van der Waals surface area contributed by atoms with Gasteiger partial charge in [0.05, 0.1) is 19.8 Å². The lowest BCUT2D eigenvalue weighted by molar-refractivity contribution is -0.166. The molecule has 5 heteroatoms. The van der Waals surface area contributed by atoms with Crippen LogP contribution in [0.1, 0.15) is 24.0 Å². The van der Waals surface area contributed by atoms with Gasteiger partial charge in [0.25, 0.3) is 0 Å². The van der Waals surface area contributed by atoms with E-state index in [1.54, 1.807) is 0 Å². The van der Waals surface area contributed by atoms with Gasteiger partial charge in [-0.15, -0.1) is 0 Å². The van der Waals surface area contributed by atoms with Gasteiger partial charge in [-0.3, -0.25) is 0 Å². The second-order valence-corrected chi connectivity index (χ2v) is 7.45. The van der Waals surface area contributed by atoms with Gasteiger partial charge < -0.3 is 24.4 Å². The monoisotopic (exact) mass is 382 g/mol. The van der Waals surface area contributed by atoms with Crippen LogP contribution < -0.4 is 0 Å². The van der Waals surface area contributed by atoms with E-state index in [9.17, 15) is 10.2 Å². The van der Waals surface area contributed by atoms with Gasteiger partial charge in [-0.25, -0.2) is 0 Å². The fourth-order valence-electron chi connectivity index (χ4n) is 3.54. The fourth-order valence-corrected chi connectivity index (χ4v) is 3.54. The van der Waals surface area contributed by atoms with Crippen LogP contribution in [0.3, 0.4) is 0 Å². The number of allylic oxidation sites excluding steroid dienone is 1. The van der Waals surface area contributed by atoms with E-state index >= 15 is 0 Å². The van der Waals surface area contributed by atoms with E-state index in [1.165, 1.54) is 5.57 Å². The van der Waals surface area contributed by atoms with E-state index in [0.717, 1.165) is 24.0 Å². The number of ether oxygens (including phenoxy) is 3. The summed E-state index contributed by atoms with van der Waals surface area (Å²) in [7, 11) is 0. The maximum atomic E-state index is 10.5.